The molecule has 0 atom stereocenters. The Balaban J connectivity index is 2.38. The largest absolute Gasteiger partial charge is 0.367 e. The molecule has 1 aromatic rings. The molecule has 2 nitrogen and oxygen atoms in total. The topological polar surface area (TPSA) is 29.3 Å². The third-order valence-electron chi connectivity index (χ3n) is 2.91. The lowest BCUT2D eigenvalue weighted by Crippen LogP contribution is -2.27. The van der Waals surface area contributed by atoms with Gasteiger partial charge in [-0.2, -0.15) is 0 Å². The highest BCUT2D eigenvalue weighted by Crippen LogP contribution is 2.37. The van der Waals surface area contributed by atoms with Gasteiger partial charge >= 0.3 is 0 Å². The van der Waals surface area contributed by atoms with E-state index in [0.29, 0.717) is 12.6 Å². The number of hydrogen-bond donors (Lipinski definition) is 1. The first kappa shape index (κ1) is 10.8. The third kappa shape index (κ3) is 2.11. The molecule has 15 heavy (non-hydrogen) atoms. The molecule has 0 spiro atoms. The number of nitrogens with zero attached hydrogens (tertiary/aromatic N) is 1. The molecule has 2 rings (SSSR count). The average molecular weight is 225 g/mol. The standard InChI is InChI=1S/C12H17ClN2/c1-2-15(10-6-7-10)12-9(8-14)4-3-5-11(12)13/h3-5,10H,2,6-8,14H2,1H3. The van der Waals surface area contributed by atoms with Gasteiger partial charge in [-0.1, -0.05) is 23.7 Å². The van der Waals surface area contributed by atoms with Crippen LogP contribution >= 0.6 is 11.6 Å². The van der Waals surface area contributed by atoms with Gasteiger partial charge in [0.15, 0.2) is 0 Å². The highest BCUT2D eigenvalue weighted by molar-refractivity contribution is 6.33. The lowest BCUT2D eigenvalue weighted by atomic mass is 10.1. The molecule has 0 bridgehead atoms. The highest BCUT2D eigenvalue weighted by Gasteiger charge is 2.30. The Morgan fingerprint density at radius 1 is 1.47 bits per heavy atom. The Morgan fingerprint density at radius 2 is 2.20 bits per heavy atom. The van der Waals surface area contributed by atoms with Crippen LogP contribution in [0.15, 0.2) is 18.2 Å². The van der Waals surface area contributed by atoms with Gasteiger partial charge in [0.1, 0.15) is 0 Å². The fourth-order valence-corrected chi connectivity index (χ4v) is 2.33. The van der Waals surface area contributed by atoms with Crippen molar-refractivity contribution in [3.8, 4) is 0 Å². The van der Waals surface area contributed by atoms with E-state index in [4.69, 9.17) is 17.3 Å². The summed E-state index contributed by atoms with van der Waals surface area (Å²) in [6, 6.07) is 6.66. The summed E-state index contributed by atoms with van der Waals surface area (Å²) in [4.78, 5) is 2.38. The van der Waals surface area contributed by atoms with E-state index in [0.717, 1.165) is 22.8 Å². The molecule has 0 aliphatic heterocycles. The van der Waals surface area contributed by atoms with Crippen LogP contribution < -0.4 is 10.6 Å². The van der Waals surface area contributed by atoms with Crippen molar-refractivity contribution in [1.82, 2.24) is 0 Å². The molecule has 0 unspecified atom stereocenters. The molecule has 2 N–H and O–H groups in total. The molecule has 3 heteroatoms. The molecule has 82 valence electrons. The van der Waals surface area contributed by atoms with Crippen LogP contribution in [0.2, 0.25) is 5.02 Å². The van der Waals surface area contributed by atoms with Crippen molar-refractivity contribution in [2.24, 2.45) is 5.73 Å². The third-order valence-corrected chi connectivity index (χ3v) is 3.21. The van der Waals surface area contributed by atoms with E-state index < -0.39 is 0 Å². The second kappa shape index (κ2) is 4.42. The van der Waals surface area contributed by atoms with Gasteiger partial charge in [-0.3, -0.25) is 0 Å². The van der Waals surface area contributed by atoms with Gasteiger partial charge in [0, 0.05) is 19.1 Å². The van der Waals surface area contributed by atoms with Gasteiger partial charge in [-0.15, -0.1) is 0 Å². The average Bonchev–Trinajstić information content (AvgIpc) is 3.05. The van der Waals surface area contributed by atoms with E-state index in [-0.39, 0.29) is 0 Å². The molecule has 0 radical (unpaired) electrons. The summed E-state index contributed by atoms with van der Waals surface area (Å²) in [5.74, 6) is 0. The Kier molecular flexibility index (Phi) is 3.17. The maximum Gasteiger partial charge on any atom is 0.0643 e. The number of benzene rings is 1. The van der Waals surface area contributed by atoms with Crippen molar-refractivity contribution in [3.63, 3.8) is 0 Å². The molecule has 0 aromatic heterocycles. The normalized spacial score (nSPS) is 15.4. The summed E-state index contributed by atoms with van der Waals surface area (Å²) in [7, 11) is 0. The van der Waals surface area contributed by atoms with Crippen LogP contribution in [0.25, 0.3) is 0 Å². The number of rotatable bonds is 4. The maximum absolute atomic E-state index is 6.26. The van der Waals surface area contributed by atoms with Crippen molar-refractivity contribution < 1.29 is 0 Å². The summed E-state index contributed by atoms with van der Waals surface area (Å²) in [6.45, 7) is 3.72. The van der Waals surface area contributed by atoms with E-state index in [1.165, 1.54) is 12.8 Å². The molecule has 1 aliphatic rings. The molecular weight excluding hydrogens is 208 g/mol. The van der Waals surface area contributed by atoms with Crippen LogP contribution in [0.3, 0.4) is 0 Å². The smallest absolute Gasteiger partial charge is 0.0643 e. The quantitative estimate of drug-likeness (QED) is 0.852. The molecular formula is C12H17ClN2. The lowest BCUT2D eigenvalue weighted by molar-refractivity contribution is 0.816. The predicted molar refractivity (Wildman–Crippen MR) is 65.4 cm³/mol. The molecule has 1 aliphatic carbocycles. The summed E-state index contributed by atoms with van der Waals surface area (Å²) in [5, 5.41) is 0.826. The van der Waals surface area contributed by atoms with Crippen LogP contribution in [0.1, 0.15) is 25.3 Å². The van der Waals surface area contributed by atoms with Gasteiger partial charge in [-0.25, -0.2) is 0 Å². The van der Waals surface area contributed by atoms with Gasteiger partial charge < -0.3 is 10.6 Å². The highest BCUT2D eigenvalue weighted by atomic mass is 35.5. The van der Waals surface area contributed by atoms with Crippen LogP contribution in [0.5, 0.6) is 0 Å². The first-order chi connectivity index (χ1) is 7.27. The zero-order chi connectivity index (χ0) is 10.8. The van der Waals surface area contributed by atoms with Crippen molar-refractivity contribution in [1.29, 1.82) is 0 Å². The molecule has 0 saturated heterocycles. The van der Waals surface area contributed by atoms with E-state index in [2.05, 4.69) is 17.9 Å². The van der Waals surface area contributed by atoms with Crippen molar-refractivity contribution in [3.05, 3.63) is 28.8 Å². The number of hydrogen-bond acceptors (Lipinski definition) is 2. The summed E-state index contributed by atoms with van der Waals surface area (Å²) >= 11 is 6.26. The van der Waals surface area contributed by atoms with Gasteiger partial charge in [0.05, 0.1) is 10.7 Å². The van der Waals surface area contributed by atoms with Crippen molar-refractivity contribution in [2.45, 2.75) is 32.4 Å². The first-order valence-corrected chi connectivity index (χ1v) is 5.89. The first-order valence-electron chi connectivity index (χ1n) is 5.52. The second-order valence-corrected chi connectivity index (χ2v) is 4.38. The van der Waals surface area contributed by atoms with Gasteiger partial charge in [-0.05, 0) is 31.4 Å². The summed E-state index contributed by atoms with van der Waals surface area (Å²) < 4.78 is 0. The van der Waals surface area contributed by atoms with E-state index in [1.807, 2.05) is 12.1 Å². The summed E-state index contributed by atoms with van der Waals surface area (Å²) in [6.07, 6.45) is 2.56. The minimum atomic E-state index is 0.555. The Morgan fingerprint density at radius 3 is 2.73 bits per heavy atom. The van der Waals surface area contributed by atoms with Crippen molar-refractivity contribution >= 4 is 17.3 Å². The minimum Gasteiger partial charge on any atom is -0.367 e. The maximum atomic E-state index is 6.26. The van der Waals surface area contributed by atoms with Gasteiger partial charge in [0.25, 0.3) is 0 Å². The van der Waals surface area contributed by atoms with Gasteiger partial charge in [0.2, 0.25) is 0 Å². The minimum absolute atomic E-state index is 0.555. The van der Waals surface area contributed by atoms with E-state index in [9.17, 15) is 0 Å². The number of anilines is 1. The molecule has 0 heterocycles. The Bertz CT molecular complexity index is 347. The van der Waals surface area contributed by atoms with Crippen LogP contribution in [0.4, 0.5) is 5.69 Å². The Hall–Kier alpha value is -0.730. The molecule has 1 aromatic carbocycles. The SMILES string of the molecule is CCN(c1c(Cl)cccc1CN)C1CC1. The summed E-state index contributed by atoms with van der Waals surface area (Å²) in [5.41, 5.74) is 8.04. The Labute approximate surface area is 96.0 Å². The fraction of sp³-hybridized carbons (Fsp3) is 0.500. The van der Waals surface area contributed by atoms with Crippen LogP contribution in [-0.2, 0) is 6.54 Å². The second-order valence-electron chi connectivity index (χ2n) is 3.97. The van der Waals surface area contributed by atoms with E-state index >= 15 is 0 Å². The van der Waals surface area contributed by atoms with Crippen molar-refractivity contribution in [2.75, 3.05) is 11.4 Å². The van der Waals surface area contributed by atoms with E-state index in [1.54, 1.807) is 0 Å². The number of nitrogens with two attached hydrogens (primary N) is 1. The monoisotopic (exact) mass is 224 g/mol. The fourth-order valence-electron chi connectivity index (χ4n) is 2.03. The zero-order valence-corrected chi connectivity index (χ0v) is 9.80. The predicted octanol–water partition coefficient (Wildman–Crippen LogP) is 2.79. The molecule has 1 fully saturated rings. The number of halogens is 1. The zero-order valence-electron chi connectivity index (χ0n) is 9.04. The van der Waals surface area contributed by atoms with Crippen LogP contribution in [-0.4, -0.2) is 12.6 Å². The number of para-hydroxylation sites is 1. The van der Waals surface area contributed by atoms with Crippen LogP contribution in [0, 0.1) is 0 Å². The molecule has 0 amide bonds. The lowest BCUT2D eigenvalue weighted by Gasteiger charge is -2.26. The molecule has 1 saturated carbocycles.